The highest BCUT2D eigenvalue weighted by Gasteiger charge is 2.25. The van der Waals surface area contributed by atoms with Gasteiger partial charge < -0.3 is 10.4 Å². The van der Waals surface area contributed by atoms with E-state index in [1.54, 1.807) is 12.1 Å². The van der Waals surface area contributed by atoms with Crippen LogP contribution in [0.15, 0.2) is 91.0 Å². The lowest BCUT2D eigenvalue weighted by Gasteiger charge is -2.10. The van der Waals surface area contributed by atoms with E-state index >= 15 is 0 Å². The van der Waals surface area contributed by atoms with E-state index in [2.05, 4.69) is 36.5 Å². The van der Waals surface area contributed by atoms with Crippen LogP contribution in [0.5, 0.6) is 5.75 Å². The van der Waals surface area contributed by atoms with Gasteiger partial charge in [0.05, 0.1) is 10.7 Å². The van der Waals surface area contributed by atoms with E-state index in [1.165, 1.54) is 5.56 Å². The van der Waals surface area contributed by atoms with Crippen molar-refractivity contribution in [2.75, 3.05) is 5.32 Å². The largest absolute Gasteiger partial charge is 0.507 e. The molecule has 0 bridgehead atoms. The molecule has 170 valence electrons. The lowest BCUT2D eigenvalue weighted by atomic mass is 9.96. The third-order valence-corrected chi connectivity index (χ3v) is 6.28. The zero-order valence-corrected chi connectivity index (χ0v) is 18.9. The number of anilines is 1. The number of phenolic OH excluding ortho intramolecular Hbond substituents is 1. The van der Waals surface area contributed by atoms with Crippen molar-refractivity contribution in [2.24, 2.45) is 0 Å². The molecule has 3 nitrogen and oxygen atoms in total. The van der Waals surface area contributed by atoms with Crippen LogP contribution in [0.3, 0.4) is 0 Å². The minimum Gasteiger partial charge on any atom is -0.507 e. The van der Waals surface area contributed by atoms with Gasteiger partial charge in [-0.25, -0.2) is 0 Å². The van der Waals surface area contributed by atoms with Crippen LogP contribution in [0.1, 0.15) is 24.1 Å². The van der Waals surface area contributed by atoms with Gasteiger partial charge in [0.25, 0.3) is 5.91 Å². The summed E-state index contributed by atoms with van der Waals surface area (Å²) in [6.45, 7) is 2.06. The highest BCUT2D eigenvalue weighted by molar-refractivity contribution is 6.36. The predicted octanol–water partition coefficient (Wildman–Crippen LogP) is 7.90. The minimum atomic E-state index is -0.111. The van der Waals surface area contributed by atoms with Crippen molar-refractivity contribution in [3.63, 3.8) is 0 Å². The first-order valence-corrected chi connectivity index (χ1v) is 11.2. The van der Waals surface area contributed by atoms with Crippen LogP contribution in [-0.2, 0) is 11.2 Å². The molecule has 0 saturated heterocycles. The standard InChI is InChI=1S/C29H22ClNO2.CH4/c1-18-6-8-19(9-7-18)10-15-23-25-16-24(26(30)17-27(25)31-29(23)33)21-13-11-20(12-14-21)22-4-2-3-5-28(22)32;/h2-9,11-17,32H,10H2,1H3,(H,31,33);1H4/b23-15-;. The first-order valence-electron chi connectivity index (χ1n) is 10.8. The fourth-order valence-electron chi connectivity index (χ4n) is 4.13. The number of amides is 1. The molecule has 1 aliphatic heterocycles. The maximum Gasteiger partial charge on any atom is 0.256 e. The second-order valence-electron chi connectivity index (χ2n) is 8.23. The molecular weight excluding hydrogens is 442 g/mol. The van der Waals surface area contributed by atoms with E-state index in [0.29, 0.717) is 17.0 Å². The van der Waals surface area contributed by atoms with Gasteiger partial charge in [-0.3, -0.25) is 4.79 Å². The zero-order valence-electron chi connectivity index (χ0n) is 18.1. The fraction of sp³-hybridized carbons (Fsp3) is 0.100. The molecular formula is C30H26ClNO2. The normalized spacial score (nSPS) is 13.4. The van der Waals surface area contributed by atoms with Crippen molar-refractivity contribution < 1.29 is 9.90 Å². The molecule has 4 aromatic carbocycles. The number of nitrogens with one attached hydrogen (secondary N) is 1. The summed E-state index contributed by atoms with van der Waals surface area (Å²) in [5.41, 5.74) is 8.12. The molecule has 0 aromatic heterocycles. The molecule has 0 unspecified atom stereocenters. The lowest BCUT2D eigenvalue weighted by Crippen LogP contribution is -2.04. The van der Waals surface area contributed by atoms with Crippen LogP contribution >= 0.6 is 11.6 Å². The van der Waals surface area contributed by atoms with Crippen LogP contribution < -0.4 is 5.32 Å². The van der Waals surface area contributed by atoms with Crippen LogP contribution in [0.25, 0.3) is 27.8 Å². The molecule has 0 radical (unpaired) electrons. The van der Waals surface area contributed by atoms with E-state index in [1.807, 2.05) is 54.6 Å². The molecule has 2 N–H and O–H groups in total. The minimum absolute atomic E-state index is 0. The highest BCUT2D eigenvalue weighted by atomic mass is 35.5. The number of hydrogen-bond acceptors (Lipinski definition) is 2. The topological polar surface area (TPSA) is 49.3 Å². The summed E-state index contributed by atoms with van der Waals surface area (Å²) in [6, 6.07) is 27.3. The molecule has 0 spiro atoms. The molecule has 34 heavy (non-hydrogen) atoms. The number of aromatic hydroxyl groups is 1. The molecule has 1 amide bonds. The maximum absolute atomic E-state index is 12.7. The first kappa shape index (κ1) is 23.3. The smallest absolute Gasteiger partial charge is 0.256 e. The van der Waals surface area contributed by atoms with Gasteiger partial charge in [0.2, 0.25) is 0 Å². The number of benzene rings is 4. The van der Waals surface area contributed by atoms with E-state index in [4.69, 9.17) is 11.6 Å². The summed E-state index contributed by atoms with van der Waals surface area (Å²) in [5, 5.41) is 13.6. The number of hydrogen-bond donors (Lipinski definition) is 2. The number of rotatable bonds is 4. The van der Waals surface area contributed by atoms with Crippen LogP contribution in [0.4, 0.5) is 5.69 Å². The Kier molecular flexibility index (Phi) is 6.58. The van der Waals surface area contributed by atoms with Gasteiger partial charge in [0.15, 0.2) is 0 Å². The SMILES string of the molecule is C.Cc1ccc(C/C=C2\C(=O)Nc3cc(Cl)c(-c4ccc(-c5ccccc5O)cc4)cc32)cc1. The van der Waals surface area contributed by atoms with Gasteiger partial charge in [0.1, 0.15) is 5.75 Å². The van der Waals surface area contributed by atoms with Gasteiger partial charge in [0, 0.05) is 22.3 Å². The number of para-hydroxylation sites is 1. The fourth-order valence-corrected chi connectivity index (χ4v) is 4.40. The van der Waals surface area contributed by atoms with Crippen LogP contribution in [0, 0.1) is 6.92 Å². The first-order chi connectivity index (χ1) is 16.0. The van der Waals surface area contributed by atoms with E-state index < -0.39 is 0 Å². The Bertz CT molecular complexity index is 1390. The van der Waals surface area contributed by atoms with E-state index in [-0.39, 0.29) is 19.1 Å². The van der Waals surface area contributed by atoms with Crippen molar-refractivity contribution in [3.05, 3.63) is 113 Å². The van der Waals surface area contributed by atoms with Crippen molar-refractivity contribution in [2.45, 2.75) is 20.8 Å². The van der Waals surface area contributed by atoms with E-state index in [0.717, 1.165) is 39.1 Å². The number of allylic oxidation sites excluding steroid dienone is 1. The highest BCUT2D eigenvalue weighted by Crippen LogP contribution is 2.40. The summed E-state index contributed by atoms with van der Waals surface area (Å²) >= 11 is 6.60. The number of phenols is 1. The van der Waals surface area contributed by atoms with Crippen LogP contribution in [0.2, 0.25) is 5.02 Å². The Labute approximate surface area is 205 Å². The molecule has 1 heterocycles. The van der Waals surface area contributed by atoms with Crippen LogP contribution in [-0.4, -0.2) is 11.0 Å². The second kappa shape index (κ2) is 9.58. The van der Waals surface area contributed by atoms with Crippen molar-refractivity contribution in [1.29, 1.82) is 0 Å². The summed E-state index contributed by atoms with van der Waals surface area (Å²) < 4.78 is 0. The van der Waals surface area contributed by atoms with Gasteiger partial charge in [-0.1, -0.05) is 97.4 Å². The second-order valence-corrected chi connectivity index (χ2v) is 8.64. The predicted molar refractivity (Wildman–Crippen MR) is 142 cm³/mol. The number of aryl methyl sites for hydroxylation is 1. The van der Waals surface area contributed by atoms with Gasteiger partial charge >= 0.3 is 0 Å². The van der Waals surface area contributed by atoms with Gasteiger partial charge in [-0.2, -0.15) is 0 Å². The van der Waals surface area contributed by atoms with Crippen molar-refractivity contribution in [1.82, 2.24) is 0 Å². The summed E-state index contributed by atoms with van der Waals surface area (Å²) in [4.78, 5) is 12.7. The number of carbonyl (C=O) groups excluding carboxylic acids is 1. The molecule has 5 rings (SSSR count). The summed E-state index contributed by atoms with van der Waals surface area (Å²) in [6.07, 6.45) is 2.65. The summed E-state index contributed by atoms with van der Waals surface area (Å²) in [7, 11) is 0. The maximum atomic E-state index is 12.7. The van der Waals surface area contributed by atoms with E-state index in [9.17, 15) is 9.90 Å². The number of carbonyl (C=O) groups is 1. The van der Waals surface area contributed by atoms with Gasteiger partial charge in [-0.05, 0) is 48.2 Å². The average Bonchev–Trinajstić information content (AvgIpc) is 3.12. The Morgan fingerprint density at radius 1 is 0.853 bits per heavy atom. The molecule has 1 aliphatic rings. The Hall–Kier alpha value is -3.82. The quantitative estimate of drug-likeness (QED) is 0.299. The Morgan fingerprint density at radius 2 is 1.50 bits per heavy atom. The molecule has 4 aromatic rings. The third kappa shape index (κ3) is 4.48. The Balaban J connectivity index is 0.00000274. The molecule has 0 fully saturated rings. The van der Waals surface area contributed by atoms with Crippen molar-refractivity contribution in [3.8, 4) is 28.0 Å². The molecule has 0 aliphatic carbocycles. The average molecular weight is 468 g/mol. The monoisotopic (exact) mass is 467 g/mol. The number of fused-ring (bicyclic) bond motifs is 1. The van der Waals surface area contributed by atoms with Gasteiger partial charge in [-0.15, -0.1) is 0 Å². The molecule has 4 heteroatoms. The zero-order chi connectivity index (χ0) is 22.9. The Morgan fingerprint density at radius 3 is 2.18 bits per heavy atom. The molecule has 0 atom stereocenters. The third-order valence-electron chi connectivity index (χ3n) is 5.96. The summed E-state index contributed by atoms with van der Waals surface area (Å²) in [5.74, 6) is 0.133. The number of halogens is 1. The van der Waals surface area contributed by atoms with Crippen molar-refractivity contribution >= 4 is 28.8 Å². The molecule has 0 saturated carbocycles. The lowest BCUT2D eigenvalue weighted by molar-refractivity contribution is -0.110.